The van der Waals surface area contributed by atoms with Gasteiger partial charge in [-0.3, -0.25) is 4.79 Å². The van der Waals surface area contributed by atoms with Gasteiger partial charge in [-0.25, -0.2) is 9.69 Å². The van der Waals surface area contributed by atoms with Gasteiger partial charge in [0, 0.05) is 30.2 Å². The number of benzene rings is 2. The van der Waals surface area contributed by atoms with Crippen LogP contribution in [0.15, 0.2) is 83.4 Å². The molecular formula is C26H24N4O2S. The van der Waals surface area contributed by atoms with Crippen molar-refractivity contribution >= 4 is 23.0 Å². The second-order valence-corrected chi connectivity index (χ2v) is 8.73. The van der Waals surface area contributed by atoms with E-state index in [4.69, 9.17) is 14.9 Å². The Morgan fingerprint density at radius 2 is 1.97 bits per heavy atom. The van der Waals surface area contributed by atoms with Crippen molar-refractivity contribution in [2.45, 2.75) is 25.8 Å². The van der Waals surface area contributed by atoms with Crippen LogP contribution >= 0.6 is 11.3 Å². The molecule has 2 aromatic carbocycles. The molecule has 3 heterocycles. The number of carbonyl (C=O) groups is 1. The Bertz CT molecular complexity index is 1300. The monoisotopic (exact) mass is 456 g/mol. The van der Waals surface area contributed by atoms with E-state index < -0.39 is 0 Å². The normalized spacial score (nSPS) is 15.5. The molecule has 1 atom stereocenters. The Morgan fingerprint density at radius 3 is 2.70 bits per heavy atom. The van der Waals surface area contributed by atoms with Crippen molar-refractivity contribution in [3.63, 3.8) is 0 Å². The number of para-hydroxylation sites is 1. The SMILES string of the molecule is CCC(=O)N1N=C(c2cccc(OC)c2)CC1c1cn(-c2ccccc2)nc1-c1cccs1. The highest BCUT2D eigenvalue weighted by molar-refractivity contribution is 7.13. The molecule has 5 rings (SSSR count). The van der Waals surface area contributed by atoms with Gasteiger partial charge in [0.2, 0.25) is 5.91 Å². The average Bonchev–Trinajstić information content (AvgIpc) is 3.63. The molecule has 1 aliphatic rings. The first-order chi connectivity index (χ1) is 16.2. The van der Waals surface area contributed by atoms with Crippen molar-refractivity contribution in [2.75, 3.05) is 7.11 Å². The van der Waals surface area contributed by atoms with Crippen LogP contribution in [0, 0.1) is 0 Å². The molecule has 1 aliphatic heterocycles. The number of hydrogen-bond acceptors (Lipinski definition) is 5. The summed E-state index contributed by atoms with van der Waals surface area (Å²) in [7, 11) is 1.65. The predicted octanol–water partition coefficient (Wildman–Crippen LogP) is 5.70. The van der Waals surface area contributed by atoms with E-state index in [2.05, 4.69) is 6.07 Å². The summed E-state index contributed by atoms with van der Waals surface area (Å²) in [5, 5.41) is 13.4. The van der Waals surface area contributed by atoms with Gasteiger partial charge < -0.3 is 4.74 Å². The topological polar surface area (TPSA) is 59.7 Å². The second-order valence-electron chi connectivity index (χ2n) is 7.78. The van der Waals surface area contributed by atoms with Gasteiger partial charge in [-0.2, -0.15) is 10.2 Å². The zero-order chi connectivity index (χ0) is 22.8. The van der Waals surface area contributed by atoms with Gasteiger partial charge in [0.15, 0.2) is 0 Å². The van der Waals surface area contributed by atoms with Crippen molar-refractivity contribution in [3.8, 4) is 22.0 Å². The summed E-state index contributed by atoms with van der Waals surface area (Å²) in [5.74, 6) is 0.755. The van der Waals surface area contributed by atoms with Crippen molar-refractivity contribution in [3.05, 3.63) is 89.4 Å². The number of thiophene rings is 1. The van der Waals surface area contributed by atoms with Gasteiger partial charge in [0.05, 0.1) is 29.4 Å². The second kappa shape index (κ2) is 9.03. The molecule has 33 heavy (non-hydrogen) atoms. The highest BCUT2D eigenvalue weighted by Crippen LogP contribution is 2.39. The van der Waals surface area contributed by atoms with E-state index in [1.807, 2.05) is 83.8 Å². The third-order valence-corrected chi connectivity index (χ3v) is 6.62. The lowest BCUT2D eigenvalue weighted by Gasteiger charge is -2.21. The number of carbonyl (C=O) groups excluding carboxylic acids is 1. The van der Waals surface area contributed by atoms with Gasteiger partial charge >= 0.3 is 0 Å². The van der Waals surface area contributed by atoms with E-state index in [1.165, 1.54) is 0 Å². The van der Waals surface area contributed by atoms with Crippen LogP contribution < -0.4 is 4.74 Å². The average molecular weight is 457 g/mol. The fraction of sp³-hybridized carbons (Fsp3) is 0.192. The fourth-order valence-corrected chi connectivity index (χ4v) is 4.80. The molecule has 4 aromatic rings. The molecule has 166 valence electrons. The Hall–Kier alpha value is -3.71. The van der Waals surface area contributed by atoms with Crippen molar-refractivity contribution < 1.29 is 9.53 Å². The van der Waals surface area contributed by atoms with Crippen LogP contribution in [0.2, 0.25) is 0 Å². The lowest BCUT2D eigenvalue weighted by molar-refractivity contribution is -0.132. The molecule has 1 amide bonds. The molecule has 0 N–H and O–H groups in total. The van der Waals surface area contributed by atoms with Crippen molar-refractivity contribution in [1.29, 1.82) is 0 Å². The number of nitrogens with zero attached hydrogens (tertiary/aromatic N) is 4. The van der Waals surface area contributed by atoms with E-state index in [-0.39, 0.29) is 11.9 Å². The molecule has 0 bridgehead atoms. The van der Waals surface area contributed by atoms with Gasteiger partial charge in [-0.15, -0.1) is 11.3 Å². The first kappa shape index (κ1) is 21.2. The standard InChI is InChI=1S/C26H24N4O2S/c1-3-25(31)30-23(16-22(27-30)18-9-7-12-20(15-18)32-2)21-17-29(19-10-5-4-6-11-19)28-26(21)24-13-8-14-33-24/h4-15,17,23H,3,16H2,1-2H3. The van der Waals surface area contributed by atoms with Crippen LogP contribution in [0.4, 0.5) is 0 Å². The molecule has 0 radical (unpaired) electrons. The maximum atomic E-state index is 12.9. The summed E-state index contributed by atoms with van der Waals surface area (Å²) in [6.45, 7) is 1.87. The highest BCUT2D eigenvalue weighted by atomic mass is 32.1. The van der Waals surface area contributed by atoms with Crippen molar-refractivity contribution in [1.82, 2.24) is 14.8 Å². The first-order valence-corrected chi connectivity index (χ1v) is 11.8. The highest BCUT2D eigenvalue weighted by Gasteiger charge is 2.35. The largest absolute Gasteiger partial charge is 0.497 e. The summed E-state index contributed by atoms with van der Waals surface area (Å²) in [6, 6.07) is 21.7. The molecule has 7 heteroatoms. The summed E-state index contributed by atoms with van der Waals surface area (Å²) < 4.78 is 7.29. The maximum absolute atomic E-state index is 12.9. The molecule has 0 spiro atoms. The molecule has 0 saturated heterocycles. The van der Waals surface area contributed by atoms with Gasteiger partial charge in [0.25, 0.3) is 0 Å². The van der Waals surface area contributed by atoms with Crippen LogP contribution in [0.25, 0.3) is 16.3 Å². The number of hydrogen-bond donors (Lipinski definition) is 0. The number of amides is 1. The molecule has 2 aromatic heterocycles. The fourth-order valence-electron chi connectivity index (χ4n) is 4.07. The van der Waals surface area contributed by atoms with E-state index in [0.29, 0.717) is 12.8 Å². The number of aromatic nitrogens is 2. The maximum Gasteiger partial charge on any atom is 0.242 e. The lowest BCUT2D eigenvalue weighted by atomic mass is 9.98. The van der Waals surface area contributed by atoms with E-state index >= 15 is 0 Å². The first-order valence-electron chi connectivity index (χ1n) is 10.9. The Balaban J connectivity index is 1.60. The minimum absolute atomic E-state index is 0.0116. The van der Waals surface area contributed by atoms with Gasteiger partial charge in [-0.1, -0.05) is 43.3 Å². The number of ether oxygens (including phenoxy) is 1. The quantitative estimate of drug-likeness (QED) is 0.374. The zero-order valence-electron chi connectivity index (χ0n) is 18.5. The van der Waals surface area contributed by atoms with Crippen LogP contribution in [0.3, 0.4) is 0 Å². The molecule has 6 nitrogen and oxygen atoms in total. The predicted molar refractivity (Wildman–Crippen MR) is 131 cm³/mol. The minimum Gasteiger partial charge on any atom is -0.497 e. The van der Waals surface area contributed by atoms with E-state index in [0.717, 1.165) is 38.8 Å². The third-order valence-electron chi connectivity index (χ3n) is 5.75. The Kier molecular flexibility index (Phi) is 5.79. The molecule has 0 fully saturated rings. The lowest BCUT2D eigenvalue weighted by Crippen LogP contribution is -2.26. The Labute approximate surface area is 196 Å². The van der Waals surface area contributed by atoms with Gasteiger partial charge in [0.1, 0.15) is 11.4 Å². The summed E-state index contributed by atoms with van der Waals surface area (Å²) >= 11 is 1.64. The van der Waals surface area contributed by atoms with Crippen LogP contribution in [0.1, 0.15) is 36.9 Å². The molecular weight excluding hydrogens is 432 g/mol. The van der Waals surface area contributed by atoms with E-state index in [9.17, 15) is 4.79 Å². The molecule has 1 unspecified atom stereocenters. The summed E-state index contributed by atoms with van der Waals surface area (Å²) in [5.41, 5.74) is 4.67. The third kappa shape index (κ3) is 4.07. The van der Waals surface area contributed by atoms with E-state index in [1.54, 1.807) is 23.5 Å². The Morgan fingerprint density at radius 1 is 1.12 bits per heavy atom. The smallest absolute Gasteiger partial charge is 0.242 e. The summed E-state index contributed by atoms with van der Waals surface area (Å²) in [4.78, 5) is 14.0. The van der Waals surface area contributed by atoms with Gasteiger partial charge in [-0.05, 0) is 35.7 Å². The number of methoxy groups -OCH3 is 1. The van der Waals surface area contributed by atoms with Crippen LogP contribution in [-0.2, 0) is 4.79 Å². The number of rotatable bonds is 6. The summed E-state index contributed by atoms with van der Waals surface area (Å²) in [6.07, 6.45) is 3.03. The van der Waals surface area contributed by atoms with Crippen LogP contribution in [-0.4, -0.2) is 33.5 Å². The minimum atomic E-state index is -0.229. The number of hydrazone groups is 1. The molecule has 0 saturated carbocycles. The zero-order valence-corrected chi connectivity index (χ0v) is 19.3. The molecule has 0 aliphatic carbocycles. The van der Waals surface area contributed by atoms with Crippen molar-refractivity contribution in [2.24, 2.45) is 5.10 Å². The van der Waals surface area contributed by atoms with Crippen LogP contribution in [0.5, 0.6) is 5.75 Å².